The molecule has 2 N–H and O–H groups in total. The molecule has 1 amide bonds. The normalized spacial score (nSPS) is 14.8. The number of rotatable bonds is 35. The summed E-state index contributed by atoms with van der Waals surface area (Å²) in [5, 5.41) is 13.7. The molecule has 0 saturated carbocycles. The smallest absolute Gasteiger partial charge is 0.268 e. The molecule has 0 radical (unpaired) electrons. The van der Waals surface area contributed by atoms with Crippen molar-refractivity contribution in [3.8, 4) is 0 Å². The van der Waals surface area contributed by atoms with E-state index in [2.05, 4.69) is 19.2 Å². The van der Waals surface area contributed by atoms with Gasteiger partial charge in [-0.05, 0) is 19.3 Å². The molecular formula is C38H77N2O6P. The number of nitrogens with one attached hydrogen (secondary N) is 1. The number of allylic oxidation sites excluding steroid dienone is 1. The number of carbonyl (C=O) groups is 1. The molecule has 3 atom stereocenters. The zero-order chi connectivity index (χ0) is 35.1. The van der Waals surface area contributed by atoms with Crippen LogP contribution in [0.4, 0.5) is 0 Å². The van der Waals surface area contributed by atoms with Gasteiger partial charge in [0.15, 0.2) is 0 Å². The van der Waals surface area contributed by atoms with Crippen LogP contribution in [0.1, 0.15) is 174 Å². The van der Waals surface area contributed by atoms with Gasteiger partial charge >= 0.3 is 0 Å². The summed E-state index contributed by atoms with van der Waals surface area (Å²) in [4.78, 5) is 25.1. The fraction of sp³-hybridized carbons (Fsp3) is 0.921. The lowest BCUT2D eigenvalue weighted by Crippen LogP contribution is -2.45. The molecule has 0 rings (SSSR count). The van der Waals surface area contributed by atoms with Gasteiger partial charge in [0.05, 0.1) is 39.9 Å². The summed E-state index contributed by atoms with van der Waals surface area (Å²) in [5.74, 6) is -0.199. The number of quaternary nitrogens is 1. The van der Waals surface area contributed by atoms with Gasteiger partial charge in [-0.3, -0.25) is 9.36 Å². The number of hydrogen-bond donors (Lipinski definition) is 2. The Hall–Kier alpha value is -0.760. The molecule has 0 spiro atoms. The first-order chi connectivity index (χ1) is 22.5. The predicted octanol–water partition coefficient (Wildman–Crippen LogP) is 9.39. The fourth-order valence-electron chi connectivity index (χ4n) is 5.56. The van der Waals surface area contributed by atoms with E-state index in [4.69, 9.17) is 9.05 Å². The lowest BCUT2D eigenvalue weighted by molar-refractivity contribution is -0.870. The maximum absolute atomic E-state index is 12.7. The van der Waals surface area contributed by atoms with E-state index >= 15 is 0 Å². The fourth-order valence-corrected chi connectivity index (χ4v) is 6.29. The van der Waals surface area contributed by atoms with Gasteiger partial charge in [-0.1, -0.05) is 161 Å². The highest BCUT2D eigenvalue weighted by atomic mass is 31.2. The van der Waals surface area contributed by atoms with Crippen LogP contribution in [0.3, 0.4) is 0 Å². The molecule has 9 heteroatoms. The van der Waals surface area contributed by atoms with Crippen molar-refractivity contribution in [1.29, 1.82) is 0 Å². The molecule has 0 aromatic rings. The predicted molar refractivity (Wildman–Crippen MR) is 196 cm³/mol. The van der Waals surface area contributed by atoms with Gasteiger partial charge in [-0.25, -0.2) is 0 Å². The topological polar surface area (TPSA) is 108 Å². The minimum atomic E-state index is -4.57. The number of aliphatic hydroxyl groups excluding tert-OH is 1. The second-order valence-electron chi connectivity index (χ2n) is 14.6. The molecular weight excluding hydrogens is 611 g/mol. The molecule has 0 aliphatic heterocycles. The van der Waals surface area contributed by atoms with Crippen LogP contribution in [0.2, 0.25) is 0 Å². The number of amides is 1. The van der Waals surface area contributed by atoms with E-state index in [1.165, 1.54) is 116 Å². The summed E-state index contributed by atoms with van der Waals surface area (Å²) in [6, 6.07) is -0.877. The third-order valence-corrected chi connectivity index (χ3v) is 9.71. The van der Waals surface area contributed by atoms with Gasteiger partial charge in [0, 0.05) is 6.42 Å². The van der Waals surface area contributed by atoms with Crippen LogP contribution in [-0.2, 0) is 18.4 Å². The van der Waals surface area contributed by atoms with Gasteiger partial charge in [-0.2, -0.15) is 0 Å². The molecule has 47 heavy (non-hydrogen) atoms. The maximum atomic E-state index is 12.7. The first-order valence-corrected chi connectivity index (χ1v) is 21.0. The average molecular weight is 689 g/mol. The lowest BCUT2D eigenvalue weighted by Gasteiger charge is -2.29. The summed E-state index contributed by atoms with van der Waals surface area (Å²) in [6.07, 6.45) is 32.4. The van der Waals surface area contributed by atoms with Crippen LogP contribution in [0.5, 0.6) is 0 Å². The van der Waals surface area contributed by atoms with Crippen LogP contribution < -0.4 is 10.2 Å². The number of likely N-dealkylation sites (N-methyl/N-ethyl adjacent to an activating group) is 1. The Kier molecular flexibility index (Phi) is 30.7. The maximum Gasteiger partial charge on any atom is 0.268 e. The molecule has 0 heterocycles. The molecule has 0 aromatic heterocycles. The monoisotopic (exact) mass is 689 g/mol. The third kappa shape index (κ3) is 33.5. The van der Waals surface area contributed by atoms with Crippen molar-refractivity contribution < 1.29 is 32.9 Å². The van der Waals surface area contributed by atoms with Gasteiger partial charge in [0.1, 0.15) is 13.2 Å². The largest absolute Gasteiger partial charge is 0.756 e. The Bertz CT molecular complexity index is 789. The number of hydrogen-bond acceptors (Lipinski definition) is 6. The van der Waals surface area contributed by atoms with Crippen LogP contribution in [0, 0.1) is 0 Å². The molecule has 0 bridgehead atoms. The van der Waals surface area contributed by atoms with E-state index < -0.39 is 20.0 Å². The highest BCUT2D eigenvalue weighted by molar-refractivity contribution is 7.45. The van der Waals surface area contributed by atoms with E-state index in [0.717, 1.165) is 38.5 Å². The molecule has 8 nitrogen and oxygen atoms in total. The van der Waals surface area contributed by atoms with Gasteiger partial charge in [0.2, 0.25) is 5.91 Å². The van der Waals surface area contributed by atoms with Crippen LogP contribution in [0.15, 0.2) is 12.2 Å². The van der Waals surface area contributed by atoms with Crippen LogP contribution >= 0.6 is 7.82 Å². The SMILES string of the molecule is CCCCCCCCCCCCCC/C=C/[C@@H](O)[C@H](COP(=O)([O-])OCC[N+](C)(C)C)NC(=O)CCCCCCCCCCCCC. The summed E-state index contributed by atoms with van der Waals surface area (Å²) in [6.45, 7) is 4.62. The van der Waals surface area contributed by atoms with E-state index in [9.17, 15) is 19.4 Å². The molecule has 1 unspecified atom stereocenters. The van der Waals surface area contributed by atoms with Crippen molar-refractivity contribution >= 4 is 13.7 Å². The summed E-state index contributed by atoms with van der Waals surface area (Å²) in [5.41, 5.74) is 0. The molecule has 0 fully saturated rings. The van der Waals surface area contributed by atoms with E-state index in [-0.39, 0.29) is 19.1 Å². The summed E-state index contributed by atoms with van der Waals surface area (Å²) in [7, 11) is 1.26. The van der Waals surface area contributed by atoms with Crippen molar-refractivity contribution in [2.24, 2.45) is 0 Å². The average Bonchev–Trinajstić information content (AvgIpc) is 3.01. The van der Waals surface area contributed by atoms with Crippen molar-refractivity contribution in [3.05, 3.63) is 12.2 Å². The first kappa shape index (κ1) is 46.2. The molecule has 0 aliphatic rings. The van der Waals surface area contributed by atoms with Crippen molar-refractivity contribution in [1.82, 2.24) is 5.32 Å². The Morgan fingerprint density at radius 2 is 1.15 bits per heavy atom. The second kappa shape index (κ2) is 31.2. The zero-order valence-electron chi connectivity index (χ0n) is 31.5. The number of carbonyl (C=O) groups excluding carboxylic acids is 1. The van der Waals surface area contributed by atoms with Crippen molar-refractivity contribution in [2.45, 2.75) is 187 Å². The first-order valence-electron chi connectivity index (χ1n) is 19.6. The van der Waals surface area contributed by atoms with Gasteiger partial charge < -0.3 is 28.8 Å². The van der Waals surface area contributed by atoms with E-state index in [1.54, 1.807) is 6.08 Å². The van der Waals surface area contributed by atoms with Crippen molar-refractivity contribution in [2.75, 3.05) is 40.9 Å². The molecule has 0 aromatic carbocycles. The Morgan fingerprint density at radius 3 is 1.60 bits per heavy atom. The third-order valence-electron chi connectivity index (χ3n) is 8.75. The summed E-state index contributed by atoms with van der Waals surface area (Å²) < 4.78 is 23.1. The highest BCUT2D eigenvalue weighted by Crippen LogP contribution is 2.38. The number of unbranched alkanes of at least 4 members (excludes halogenated alkanes) is 22. The number of nitrogens with zero attached hydrogens (tertiary/aromatic N) is 1. The zero-order valence-corrected chi connectivity index (χ0v) is 32.4. The van der Waals surface area contributed by atoms with Crippen LogP contribution in [0.25, 0.3) is 0 Å². The van der Waals surface area contributed by atoms with Gasteiger partial charge in [-0.15, -0.1) is 0 Å². The highest BCUT2D eigenvalue weighted by Gasteiger charge is 2.23. The minimum absolute atomic E-state index is 0.00165. The Morgan fingerprint density at radius 1 is 0.723 bits per heavy atom. The van der Waals surface area contributed by atoms with Gasteiger partial charge in [0.25, 0.3) is 7.82 Å². The van der Waals surface area contributed by atoms with E-state index in [0.29, 0.717) is 17.4 Å². The molecule has 0 saturated heterocycles. The number of phosphoric ester groups is 1. The molecule has 0 aliphatic carbocycles. The molecule has 280 valence electrons. The van der Waals surface area contributed by atoms with E-state index in [1.807, 2.05) is 27.2 Å². The lowest BCUT2D eigenvalue weighted by atomic mass is 10.0. The second-order valence-corrected chi connectivity index (χ2v) is 16.1. The van der Waals surface area contributed by atoms with Crippen molar-refractivity contribution in [3.63, 3.8) is 0 Å². The number of phosphoric acid groups is 1. The van der Waals surface area contributed by atoms with Crippen LogP contribution in [-0.4, -0.2) is 68.5 Å². The quantitative estimate of drug-likeness (QED) is 0.0297. The standard InChI is InChI=1S/C38H77N2O6P/c1-6-8-10-12-14-16-18-19-20-22-23-25-27-29-31-37(41)36(35-46-47(43,44)45-34-33-40(3,4)5)39-38(42)32-30-28-26-24-21-17-15-13-11-9-7-2/h29,31,36-37,41H,6-28,30,32-35H2,1-5H3,(H-,39,42,43,44)/b31-29+/t36-,37+/m0/s1. The Labute approximate surface area is 291 Å². The Balaban J connectivity index is 4.52. The summed E-state index contributed by atoms with van der Waals surface area (Å²) >= 11 is 0. The number of aliphatic hydroxyl groups is 1. The minimum Gasteiger partial charge on any atom is -0.756 e.